The number of thioether (sulfide) groups is 1. The Morgan fingerprint density at radius 2 is 1.79 bits per heavy atom. The van der Waals surface area contributed by atoms with Gasteiger partial charge in [0.15, 0.2) is 0 Å². The smallest absolute Gasteiger partial charge is 0.446 e. The average molecular weight is 411 g/mol. The van der Waals surface area contributed by atoms with Crippen molar-refractivity contribution >= 4 is 29.4 Å². The van der Waals surface area contributed by atoms with Crippen LogP contribution in [-0.4, -0.2) is 38.0 Å². The molecule has 148 valence electrons. The molecule has 0 saturated carbocycles. The maximum atomic E-state index is 12.9. The van der Waals surface area contributed by atoms with Gasteiger partial charge in [0, 0.05) is 16.7 Å². The molecule has 0 spiro atoms. The Bertz CT molecular complexity index is 916. The second-order valence-electron chi connectivity index (χ2n) is 6.61. The number of nitrogens with zero attached hydrogens (tertiary/aromatic N) is 3. The molecule has 3 amide bonds. The molecule has 10 heteroatoms. The number of urea groups is 1. The fourth-order valence-electron chi connectivity index (χ4n) is 2.84. The number of benzene rings is 1. The van der Waals surface area contributed by atoms with Gasteiger partial charge in [0.1, 0.15) is 11.3 Å². The molecule has 0 radical (unpaired) electrons. The summed E-state index contributed by atoms with van der Waals surface area (Å²) in [6, 6.07) is 5.93. The van der Waals surface area contributed by atoms with Crippen molar-refractivity contribution in [2.45, 2.75) is 36.3 Å². The quantitative estimate of drug-likeness (QED) is 0.605. The number of carbonyl (C=O) groups excluding carboxylic acids is 2. The van der Waals surface area contributed by atoms with E-state index in [0.717, 1.165) is 4.90 Å². The molecule has 1 aromatic carbocycles. The number of hydrogen-bond acceptors (Lipinski definition) is 5. The van der Waals surface area contributed by atoms with E-state index in [9.17, 15) is 27.9 Å². The molecule has 1 aliphatic rings. The van der Waals surface area contributed by atoms with E-state index < -0.39 is 23.0 Å². The van der Waals surface area contributed by atoms with Gasteiger partial charge in [0.05, 0.1) is 18.4 Å². The number of halogens is 3. The van der Waals surface area contributed by atoms with Gasteiger partial charge in [-0.15, -0.1) is 0 Å². The van der Waals surface area contributed by atoms with Crippen LogP contribution in [0.15, 0.2) is 47.6 Å². The lowest BCUT2D eigenvalue weighted by Gasteiger charge is -2.27. The van der Waals surface area contributed by atoms with E-state index in [2.05, 4.69) is 4.98 Å². The van der Waals surface area contributed by atoms with Crippen LogP contribution >= 0.6 is 11.8 Å². The number of aromatic hydroxyl groups is 1. The van der Waals surface area contributed by atoms with Gasteiger partial charge in [-0.25, -0.2) is 9.69 Å². The minimum absolute atomic E-state index is 0.0234. The van der Waals surface area contributed by atoms with Crippen molar-refractivity contribution in [3.8, 4) is 5.75 Å². The highest BCUT2D eigenvalue weighted by Gasteiger charge is 2.51. The first-order valence-corrected chi connectivity index (χ1v) is 8.96. The third-order valence-electron chi connectivity index (χ3n) is 4.37. The molecule has 1 aromatic heterocycles. The summed E-state index contributed by atoms with van der Waals surface area (Å²) in [5.74, 6) is -0.618. The highest BCUT2D eigenvalue weighted by Crippen LogP contribution is 2.39. The highest BCUT2D eigenvalue weighted by molar-refractivity contribution is 8.00. The topological polar surface area (TPSA) is 73.7 Å². The molecule has 3 rings (SSSR count). The Morgan fingerprint density at radius 3 is 2.36 bits per heavy atom. The number of aromatic nitrogens is 1. The van der Waals surface area contributed by atoms with Crippen LogP contribution in [0.3, 0.4) is 0 Å². The van der Waals surface area contributed by atoms with Crippen molar-refractivity contribution < 1.29 is 27.9 Å². The highest BCUT2D eigenvalue weighted by atomic mass is 32.2. The van der Waals surface area contributed by atoms with E-state index in [1.807, 2.05) is 0 Å². The minimum Gasteiger partial charge on any atom is -0.506 e. The third kappa shape index (κ3) is 3.77. The number of pyridine rings is 1. The van der Waals surface area contributed by atoms with Crippen molar-refractivity contribution in [2.75, 3.05) is 4.90 Å². The Morgan fingerprint density at radius 1 is 1.14 bits per heavy atom. The molecule has 28 heavy (non-hydrogen) atoms. The maximum absolute atomic E-state index is 12.9. The van der Waals surface area contributed by atoms with E-state index in [1.165, 1.54) is 47.6 Å². The van der Waals surface area contributed by atoms with Gasteiger partial charge >= 0.3 is 11.5 Å². The van der Waals surface area contributed by atoms with Gasteiger partial charge in [0.2, 0.25) is 0 Å². The van der Waals surface area contributed by atoms with Gasteiger partial charge in [0.25, 0.3) is 5.91 Å². The molecule has 6 nitrogen and oxygen atoms in total. The first kappa shape index (κ1) is 20.0. The number of imide groups is 1. The van der Waals surface area contributed by atoms with Crippen molar-refractivity contribution in [2.24, 2.45) is 0 Å². The fraction of sp³-hybridized carbons (Fsp3) is 0.278. The predicted molar refractivity (Wildman–Crippen MR) is 96.8 cm³/mol. The molecular formula is C18H16F3N3O3S. The van der Waals surface area contributed by atoms with Crippen LogP contribution in [0.4, 0.5) is 23.7 Å². The van der Waals surface area contributed by atoms with Crippen LogP contribution in [0.2, 0.25) is 0 Å². The Labute approximate surface area is 163 Å². The van der Waals surface area contributed by atoms with Crippen LogP contribution in [0.5, 0.6) is 5.75 Å². The number of alkyl halides is 3. The lowest BCUT2D eigenvalue weighted by atomic mass is 10.0. The Balaban J connectivity index is 1.88. The molecule has 1 saturated heterocycles. The minimum atomic E-state index is -4.42. The van der Waals surface area contributed by atoms with Crippen LogP contribution in [0.25, 0.3) is 0 Å². The molecule has 0 unspecified atom stereocenters. The van der Waals surface area contributed by atoms with E-state index >= 15 is 0 Å². The molecule has 2 heterocycles. The molecule has 1 N–H and O–H groups in total. The summed E-state index contributed by atoms with van der Waals surface area (Å²) in [7, 11) is 0. The summed E-state index contributed by atoms with van der Waals surface area (Å²) in [6.45, 7) is 3.11. The number of rotatable bonds is 4. The lowest BCUT2D eigenvalue weighted by molar-refractivity contribution is -0.123. The molecule has 0 bridgehead atoms. The number of amides is 3. The summed E-state index contributed by atoms with van der Waals surface area (Å²) < 4.78 is 37.4. The average Bonchev–Trinajstić information content (AvgIpc) is 2.76. The molecule has 1 fully saturated rings. The van der Waals surface area contributed by atoms with Crippen LogP contribution < -0.4 is 4.90 Å². The van der Waals surface area contributed by atoms with E-state index in [0.29, 0.717) is 5.56 Å². The lowest BCUT2D eigenvalue weighted by Crippen LogP contribution is -2.43. The summed E-state index contributed by atoms with van der Waals surface area (Å²) >= 11 is -0.275. The molecule has 0 atom stereocenters. The van der Waals surface area contributed by atoms with Crippen molar-refractivity contribution in [1.82, 2.24) is 9.88 Å². The fourth-order valence-corrected chi connectivity index (χ4v) is 3.38. The van der Waals surface area contributed by atoms with Crippen LogP contribution in [0.1, 0.15) is 19.4 Å². The van der Waals surface area contributed by atoms with Gasteiger partial charge in [-0.2, -0.15) is 13.2 Å². The Kier molecular flexibility index (Phi) is 5.00. The first-order chi connectivity index (χ1) is 13.0. The zero-order chi connectivity index (χ0) is 20.7. The predicted octanol–water partition coefficient (Wildman–Crippen LogP) is 4.15. The molecule has 2 aromatic rings. The van der Waals surface area contributed by atoms with E-state index in [-0.39, 0.29) is 34.6 Å². The summed E-state index contributed by atoms with van der Waals surface area (Å²) in [6.07, 6.45) is 2.69. The monoisotopic (exact) mass is 411 g/mol. The number of carbonyl (C=O) groups is 2. The molecular weight excluding hydrogens is 395 g/mol. The van der Waals surface area contributed by atoms with Crippen molar-refractivity contribution in [1.29, 1.82) is 0 Å². The summed E-state index contributed by atoms with van der Waals surface area (Å²) in [4.78, 5) is 31.7. The van der Waals surface area contributed by atoms with Crippen molar-refractivity contribution in [3.05, 3.63) is 48.3 Å². The molecule has 1 aliphatic heterocycles. The third-order valence-corrected chi connectivity index (χ3v) is 5.11. The Hall–Kier alpha value is -2.75. The zero-order valence-corrected chi connectivity index (χ0v) is 15.7. The largest absolute Gasteiger partial charge is 0.506 e. The normalized spacial score (nSPS) is 16.8. The second kappa shape index (κ2) is 7.01. The number of hydrogen-bond donors (Lipinski definition) is 1. The van der Waals surface area contributed by atoms with Crippen molar-refractivity contribution in [3.63, 3.8) is 0 Å². The van der Waals surface area contributed by atoms with Gasteiger partial charge in [-0.05, 0) is 55.9 Å². The standard InChI is InChI=1S/C18H16F3N3O3S/c1-17(2)15(26)24(12-3-5-13(6-4-12)28-18(19,20)21)16(27)23(17)10-11-7-8-22-9-14(11)25/h3-9,25H,10H2,1-2H3. The summed E-state index contributed by atoms with van der Waals surface area (Å²) in [5.41, 5.74) is -5.03. The van der Waals surface area contributed by atoms with Crippen LogP contribution in [-0.2, 0) is 11.3 Å². The van der Waals surface area contributed by atoms with Crippen LogP contribution in [0, 0.1) is 0 Å². The number of anilines is 1. The first-order valence-electron chi connectivity index (χ1n) is 8.14. The SMILES string of the molecule is CC1(C)C(=O)N(c2ccc(SC(F)(F)F)cc2)C(=O)N1Cc1ccncc1O. The van der Waals surface area contributed by atoms with Gasteiger partial charge < -0.3 is 10.0 Å². The maximum Gasteiger partial charge on any atom is 0.446 e. The van der Waals surface area contributed by atoms with Gasteiger partial charge in [-0.3, -0.25) is 9.78 Å². The zero-order valence-electron chi connectivity index (χ0n) is 14.9. The van der Waals surface area contributed by atoms with E-state index in [4.69, 9.17) is 0 Å². The summed E-state index contributed by atoms with van der Waals surface area (Å²) in [5, 5.41) is 9.91. The van der Waals surface area contributed by atoms with E-state index in [1.54, 1.807) is 13.8 Å². The van der Waals surface area contributed by atoms with Gasteiger partial charge in [-0.1, -0.05) is 0 Å². The second-order valence-corrected chi connectivity index (χ2v) is 7.75. The molecule has 0 aliphatic carbocycles.